The molecule has 1 heterocycles. The van der Waals surface area contributed by atoms with Gasteiger partial charge in [0.15, 0.2) is 0 Å². The van der Waals surface area contributed by atoms with Crippen molar-refractivity contribution in [2.24, 2.45) is 0 Å². The Kier molecular flexibility index (Phi) is 4.27. The van der Waals surface area contributed by atoms with Gasteiger partial charge in [-0.05, 0) is 32.5 Å². The van der Waals surface area contributed by atoms with Gasteiger partial charge in [0, 0.05) is 11.1 Å². The lowest BCUT2D eigenvalue weighted by atomic mass is 9.98. The Labute approximate surface area is 117 Å². The van der Waals surface area contributed by atoms with Gasteiger partial charge in [0.1, 0.15) is 17.3 Å². The number of furan rings is 1. The number of nitrogens with one attached hydrogen (secondary N) is 1. The molecule has 0 bridgehead atoms. The van der Waals surface area contributed by atoms with E-state index in [4.69, 9.17) is 16.0 Å². The molecule has 2 rings (SSSR count). The molecule has 1 aromatic heterocycles. The van der Waals surface area contributed by atoms with E-state index in [1.807, 2.05) is 26.8 Å². The average Bonchev–Trinajstić information content (AvgIpc) is 2.69. The Morgan fingerprint density at radius 1 is 1.32 bits per heavy atom. The van der Waals surface area contributed by atoms with Crippen LogP contribution in [-0.4, -0.2) is 6.54 Å². The summed E-state index contributed by atoms with van der Waals surface area (Å²) in [6.45, 7) is 6.47. The van der Waals surface area contributed by atoms with Gasteiger partial charge in [0.05, 0.1) is 11.1 Å². The Hall–Kier alpha value is -1.32. The summed E-state index contributed by atoms with van der Waals surface area (Å²) >= 11 is 5.86. The van der Waals surface area contributed by atoms with Gasteiger partial charge in [-0.25, -0.2) is 4.39 Å². The number of benzene rings is 1. The Bertz CT molecular complexity index is 580. The molecule has 4 heteroatoms. The molecular weight excluding hydrogens is 265 g/mol. The third-order valence-corrected chi connectivity index (χ3v) is 3.38. The number of halogens is 2. The highest BCUT2D eigenvalue weighted by atomic mass is 35.5. The summed E-state index contributed by atoms with van der Waals surface area (Å²) in [7, 11) is 0. The third-order valence-electron chi connectivity index (χ3n) is 3.09. The van der Waals surface area contributed by atoms with E-state index in [9.17, 15) is 4.39 Å². The highest BCUT2D eigenvalue weighted by Crippen LogP contribution is 2.31. The highest BCUT2D eigenvalue weighted by Gasteiger charge is 2.22. The minimum atomic E-state index is -0.381. The molecule has 0 radical (unpaired) electrons. The first-order valence-corrected chi connectivity index (χ1v) is 6.66. The fraction of sp³-hybridized carbons (Fsp3) is 0.333. The molecule has 0 fully saturated rings. The monoisotopic (exact) mass is 281 g/mol. The summed E-state index contributed by atoms with van der Waals surface area (Å²) in [5.74, 6) is 1.23. The molecule has 1 unspecified atom stereocenters. The molecule has 0 aliphatic carbocycles. The van der Waals surface area contributed by atoms with Crippen molar-refractivity contribution in [1.29, 1.82) is 0 Å². The second-order valence-corrected chi connectivity index (χ2v) is 4.91. The van der Waals surface area contributed by atoms with E-state index in [1.165, 1.54) is 0 Å². The van der Waals surface area contributed by atoms with Crippen molar-refractivity contribution < 1.29 is 8.81 Å². The van der Waals surface area contributed by atoms with Gasteiger partial charge in [-0.2, -0.15) is 0 Å². The molecule has 2 nitrogen and oxygen atoms in total. The van der Waals surface area contributed by atoms with Crippen LogP contribution in [0, 0.1) is 19.7 Å². The standard InChI is InChI=1S/C15H17ClFNO/c1-4-18-15(12-8-9(2)19-10(12)3)11-6-5-7-13(16)14(11)17/h5-8,15,18H,4H2,1-3H3. The first kappa shape index (κ1) is 14.1. The van der Waals surface area contributed by atoms with Crippen LogP contribution in [0.1, 0.15) is 35.6 Å². The van der Waals surface area contributed by atoms with Gasteiger partial charge in [0.2, 0.25) is 0 Å². The topological polar surface area (TPSA) is 25.2 Å². The van der Waals surface area contributed by atoms with Gasteiger partial charge in [0.25, 0.3) is 0 Å². The summed E-state index contributed by atoms with van der Waals surface area (Å²) in [5.41, 5.74) is 1.48. The lowest BCUT2D eigenvalue weighted by Gasteiger charge is -2.19. The molecule has 1 N–H and O–H groups in total. The fourth-order valence-corrected chi connectivity index (χ4v) is 2.45. The normalized spacial score (nSPS) is 12.7. The van der Waals surface area contributed by atoms with Crippen molar-refractivity contribution >= 4 is 11.6 Å². The summed E-state index contributed by atoms with van der Waals surface area (Å²) < 4.78 is 19.7. The van der Waals surface area contributed by atoms with E-state index in [-0.39, 0.29) is 16.9 Å². The Balaban J connectivity index is 2.51. The zero-order valence-electron chi connectivity index (χ0n) is 11.3. The van der Waals surface area contributed by atoms with Crippen molar-refractivity contribution in [3.8, 4) is 0 Å². The summed E-state index contributed by atoms with van der Waals surface area (Å²) in [6, 6.07) is 6.74. The molecule has 19 heavy (non-hydrogen) atoms. The fourth-order valence-electron chi connectivity index (χ4n) is 2.27. The highest BCUT2D eigenvalue weighted by molar-refractivity contribution is 6.30. The second kappa shape index (κ2) is 5.76. The molecule has 1 aromatic carbocycles. The number of rotatable bonds is 4. The second-order valence-electron chi connectivity index (χ2n) is 4.50. The molecule has 0 aliphatic heterocycles. The van der Waals surface area contributed by atoms with Gasteiger partial charge in [-0.15, -0.1) is 0 Å². The zero-order valence-corrected chi connectivity index (χ0v) is 12.0. The first-order chi connectivity index (χ1) is 9.04. The van der Waals surface area contributed by atoms with Crippen molar-refractivity contribution in [3.63, 3.8) is 0 Å². The lowest BCUT2D eigenvalue weighted by Crippen LogP contribution is -2.23. The molecular formula is C15H17ClFNO. The zero-order chi connectivity index (χ0) is 14.0. The van der Waals surface area contributed by atoms with E-state index >= 15 is 0 Å². The maximum atomic E-state index is 14.2. The third kappa shape index (κ3) is 2.82. The van der Waals surface area contributed by atoms with Gasteiger partial charge < -0.3 is 9.73 Å². The maximum Gasteiger partial charge on any atom is 0.146 e. The molecule has 0 amide bonds. The Morgan fingerprint density at radius 3 is 2.63 bits per heavy atom. The quantitative estimate of drug-likeness (QED) is 0.899. The smallest absolute Gasteiger partial charge is 0.146 e. The van der Waals surface area contributed by atoms with Crippen LogP contribution >= 0.6 is 11.6 Å². The molecule has 0 spiro atoms. The maximum absolute atomic E-state index is 14.2. The lowest BCUT2D eigenvalue weighted by molar-refractivity contribution is 0.492. The molecule has 0 saturated carbocycles. The predicted octanol–water partition coefficient (Wildman–Crippen LogP) is 4.39. The van der Waals surface area contributed by atoms with Crippen LogP contribution in [0.15, 0.2) is 28.7 Å². The minimum Gasteiger partial charge on any atom is -0.466 e. The van der Waals surface area contributed by atoms with E-state index in [0.29, 0.717) is 5.56 Å². The SMILES string of the molecule is CCNC(c1cc(C)oc1C)c1cccc(Cl)c1F. The minimum absolute atomic E-state index is 0.137. The number of aryl methyl sites for hydroxylation is 2. The van der Waals surface area contributed by atoms with Crippen LogP contribution in [-0.2, 0) is 0 Å². The van der Waals surface area contributed by atoms with Crippen molar-refractivity contribution in [1.82, 2.24) is 5.32 Å². The molecule has 102 valence electrons. The summed E-state index contributed by atoms with van der Waals surface area (Å²) in [4.78, 5) is 0. The largest absolute Gasteiger partial charge is 0.466 e. The van der Waals surface area contributed by atoms with Crippen LogP contribution in [0.4, 0.5) is 4.39 Å². The van der Waals surface area contributed by atoms with Crippen molar-refractivity contribution in [3.05, 3.63) is 57.8 Å². The van der Waals surface area contributed by atoms with Gasteiger partial charge in [-0.1, -0.05) is 30.7 Å². The van der Waals surface area contributed by atoms with E-state index in [0.717, 1.165) is 23.6 Å². The van der Waals surface area contributed by atoms with Gasteiger partial charge in [-0.3, -0.25) is 0 Å². The van der Waals surface area contributed by atoms with Crippen LogP contribution in [0.3, 0.4) is 0 Å². The van der Waals surface area contributed by atoms with E-state index < -0.39 is 0 Å². The number of hydrogen-bond donors (Lipinski definition) is 1. The predicted molar refractivity (Wildman–Crippen MR) is 75.1 cm³/mol. The van der Waals surface area contributed by atoms with E-state index in [2.05, 4.69) is 5.32 Å². The molecule has 0 saturated heterocycles. The van der Waals surface area contributed by atoms with Gasteiger partial charge >= 0.3 is 0 Å². The van der Waals surface area contributed by atoms with E-state index in [1.54, 1.807) is 18.2 Å². The Morgan fingerprint density at radius 2 is 2.05 bits per heavy atom. The molecule has 1 atom stereocenters. The van der Waals surface area contributed by atoms with Crippen LogP contribution in [0.5, 0.6) is 0 Å². The molecule has 0 aliphatic rings. The van der Waals surface area contributed by atoms with Crippen LogP contribution < -0.4 is 5.32 Å². The van der Waals surface area contributed by atoms with Crippen molar-refractivity contribution in [2.75, 3.05) is 6.54 Å². The summed E-state index contributed by atoms with van der Waals surface area (Å²) in [5, 5.41) is 3.42. The first-order valence-electron chi connectivity index (χ1n) is 6.28. The number of hydrogen-bond acceptors (Lipinski definition) is 2. The average molecular weight is 282 g/mol. The van der Waals surface area contributed by atoms with Crippen LogP contribution in [0.2, 0.25) is 5.02 Å². The van der Waals surface area contributed by atoms with Crippen LogP contribution in [0.25, 0.3) is 0 Å². The summed E-state index contributed by atoms with van der Waals surface area (Å²) in [6.07, 6.45) is 0. The molecule has 2 aromatic rings. The van der Waals surface area contributed by atoms with Crippen molar-refractivity contribution in [2.45, 2.75) is 26.8 Å².